The highest BCUT2D eigenvalue weighted by atomic mass is 32.2. The van der Waals surface area contributed by atoms with Gasteiger partial charge in [-0.25, -0.2) is 9.18 Å². The van der Waals surface area contributed by atoms with Crippen LogP contribution >= 0.6 is 11.8 Å². The third-order valence-electron chi connectivity index (χ3n) is 3.16. The summed E-state index contributed by atoms with van der Waals surface area (Å²) < 4.78 is 17.4. The second-order valence-electron chi connectivity index (χ2n) is 5.17. The van der Waals surface area contributed by atoms with Crippen molar-refractivity contribution < 1.29 is 23.5 Å². The molecule has 0 aliphatic heterocycles. The summed E-state index contributed by atoms with van der Waals surface area (Å²) in [5.41, 5.74) is 1.28. The molecule has 0 saturated carbocycles. The van der Waals surface area contributed by atoms with Gasteiger partial charge in [0.1, 0.15) is 5.82 Å². The van der Waals surface area contributed by atoms with Crippen LogP contribution in [-0.2, 0) is 14.3 Å². The fourth-order valence-corrected chi connectivity index (χ4v) is 2.62. The smallest absolute Gasteiger partial charge is 0.337 e. The van der Waals surface area contributed by atoms with Crippen molar-refractivity contribution in [2.45, 2.75) is 0 Å². The molecule has 0 bridgehead atoms. The Morgan fingerprint density at radius 2 is 1.58 bits per heavy atom. The van der Waals surface area contributed by atoms with Gasteiger partial charge in [-0.15, -0.1) is 11.8 Å². The van der Waals surface area contributed by atoms with E-state index < -0.39 is 5.97 Å². The first-order chi connectivity index (χ1) is 12.5. The molecule has 0 aliphatic carbocycles. The molecule has 6 nitrogen and oxygen atoms in total. The number of rotatable bonds is 7. The van der Waals surface area contributed by atoms with Crippen molar-refractivity contribution in [3.05, 3.63) is 59.9 Å². The van der Waals surface area contributed by atoms with E-state index in [0.717, 1.165) is 11.8 Å². The number of ether oxygens (including phenoxy) is 1. The first-order valence-electron chi connectivity index (χ1n) is 7.59. The maximum absolute atomic E-state index is 12.8. The second-order valence-corrected chi connectivity index (χ2v) is 6.15. The van der Waals surface area contributed by atoms with Gasteiger partial charge in [-0.3, -0.25) is 9.59 Å². The average molecular weight is 376 g/mol. The molecule has 0 atom stereocenters. The van der Waals surface area contributed by atoms with Gasteiger partial charge in [-0.2, -0.15) is 0 Å². The Balaban J connectivity index is 1.75. The molecule has 2 aromatic rings. The van der Waals surface area contributed by atoms with E-state index >= 15 is 0 Å². The molecule has 26 heavy (non-hydrogen) atoms. The molecule has 0 saturated heterocycles. The fourth-order valence-electron chi connectivity index (χ4n) is 2.01. The molecule has 2 amide bonds. The molecule has 0 aliphatic rings. The lowest BCUT2D eigenvalue weighted by Gasteiger charge is -2.07. The second kappa shape index (κ2) is 9.57. The maximum atomic E-state index is 12.8. The zero-order chi connectivity index (χ0) is 18.9. The molecular formula is C18H17FN2O4S. The van der Waals surface area contributed by atoms with E-state index in [-0.39, 0.29) is 29.1 Å². The molecule has 0 radical (unpaired) electrons. The van der Waals surface area contributed by atoms with E-state index in [0.29, 0.717) is 16.9 Å². The number of hydrogen-bond acceptors (Lipinski definition) is 5. The molecule has 2 rings (SSSR count). The summed E-state index contributed by atoms with van der Waals surface area (Å²) in [4.78, 5) is 35.2. The van der Waals surface area contributed by atoms with Gasteiger partial charge in [-0.1, -0.05) is 6.07 Å². The highest BCUT2D eigenvalue weighted by Crippen LogP contribution is 2.13. The minimum Gasteiger partial charge on any atom is -0.465 e. The molecule has 2 N–H and O–H groups in total. The van der Waals surface area contributed by atoms with Crippen LogP contribution in [0.1, 0.15) is 10.4 Å². The fraction of sp³-hybridized carbons (Fsp3) is 0.167. The minimum absolute atomic E-state index is 0.0687. The van der Waals surface area contributed by atoms with Crippen molar-refractivity contribution in [3.8, 4) is 0 Å². The normalized spacial score (nSPS) is 10.1. The van der Waals surface area contributed by atoms with Gasteiger partial charge in [0.15, 0.2) is 0 Å². The van der Waals surface area contributed by atoms with Crippen molar-refractivity contribution in [1.82, 2.24) is 0 Å². The van der Waals surface area contributed by atoms with Crippen LogP contribution in [0, 0.1) is 5.82 Å². The maximum Gasteiger partial charge on any atom is 0.337 e. The zero-order valence-electron chi connectivity index (χ0n) is 14.0. The number of halogens is 1. The SMILES string of the molecule is COC(=O)c1cccc(NC(=O)CSCC(=O)Nc2ccc(F)cc2)c1. The number of amides is 2. The van der Waals surface area contributed by atoms with Crippen LogP contribution in [0.15, 0.2) is 48.5 Å². The average Bonchev–Trinajstić information content (AvgIpc) is 2.63. The van der Waals surface area contributed by atoms with Crippen molar-refractivity contribution in [2.24, 2.45) is 0 Å². The van der Waals surface area contributed by atoms with Crippen LogP contribution in [0.2, 0.25) is 0 Å². The lowest BCUT2D eigenvalue weighted by molar-refractivity contribution is -0.114. The Kier molecular flexibility index (Phi) is 7.16. The molecule has 0 unspecified atom stereocenters. The zero-order valence-corrected chi connectivity index (χ0v) is 14.8. The summed E-state index contributed by atoms with van der Waals surface area (Å²) in [7, 11) is 1.28. The summed E-state index contributed by atoms with van der Waals surface area (Å²) in [5.74, 6) is -1.32. The Labute approximate surface area is 154 Å². The van der Waals surface area contributed by atoms with Gasteiger partial charge in [0.05, 0.1) is 24.2 Å². The highest BCUT2D eigenvalue weighted by Gasteiger charge is 2.09. The van der Waals surface area contributed by atoms with Gasteiger partial charge in [0.25, 0.3) is 0 Å². The Morgan fingerprint density at radius 3 is 2.19 bits per heavy atom. The number of carbonyl (C=O) groups excluding carboxylic acids is 3. The van der Waals surface area contributed by atoms with Crippen LogP contribution in [0.5, 0.6) is 0 Å². The van der Waals surface area contributed by atoms with Gasteiger partial charge in [0.2, 0.25) is 11.8 Å². The van der Waals surface area contributed by atoms with Crippen LogP contribution in [-0.4, -0.2) is 36.4 Å². The molecule has 0 fully saturated rings. The van der Waals surface area contributed by atoms with Crippen molar-refractivity contribution in [3.63, 3.8) is 0 Å². The summed E-state index contributed by atoms with van der Waals surface area (Å²) >= 11 is 1.14. The quantitative estimate of drug-likeness (QED) is 0.726. The summed E-state index contributed by atoms with van der Waals surface area (Å²) in [6.45, 7) is 0. The third kappa shape index (κ3) is 6.21. The summed E-state index contributed by atoms with van der Waals surface area (Å²) in [6.07, 6.45) is 0. The monoisotopic (exact) mass is 376 g/mol. The Morgan fingerprint density at radius 1 is 0.962 bits per heavy atom. The van der Waals surface area contributed by atoms with Crippen LogP contribution in [0.4, 0.5) is 15.8 Å². The lowest BCUT2D eigenvalue weighted by atomic mass is 10.2. The van der Waals surface area contributed by atoms with Crippen LogP contribution < -0.4 is 10.6 Å². The van der Waals surface area contributed by atoms with E-state index in [4.69, 9.17) is 0 Å². The molecule has 0 spiro atoms. The van der Waals surface area contributed by atoms with Gasteiger partial charge in [-0.05, 0) is 42.5 Å². The number of nitrogens with one attached hydrogen (secondary N) is 2. The molecule has 2 aromatic carbocycles. The predicted molar refractivity (Wildman–Crippen MR) is 98.8 cm³/mol. The first kappa shape index (κ1) is 19.5. The predicted octanol–water partition coefficient (Wildman–Crippen LogP) is 2.92. The van der Waals surface area contributed by atoms with E-state index in [1.54, 1.807) is 18.2 Å². The number of methoxy groups -OCH3 is 1. The standard InChI is InChI=1S/C18H17FN2O4S/c1-25-18(24)12-3-2-4-15(9-12)21-17(23)11-26-10-16(22)20-14-7-5-13(19)6-8-14/h2-9H,10-11H2,1H3,(H,20,22)(H,21,23). The largest absolute Gasteiger partial charge is 0.465 e. The molecule has 0 aromatic heterocycles. The Hall–Kier alpha value is -2.87. The van der Waals surface area contributed by atoms with Crippen LogP contribution in [0.25, 0.3) is 0 Å². The van der Waals surface area contributed by atoms with E-state index in [1.807, 2.05) is 0 Å². The highest BCUT2D eigenvalue weighted by molar-refractivity contribution is 8.00. The molecule has 8 heteroatoms. The number of carbonyl (C=O) groups is 3. The van der Waals surface area contributed by atoms with E-state index in [9.17, 15) is 18.8 Å². The van der Waals surface area contributed by atoms with E-state index in [1.165, 1.54) is 37.4 Å². The minimum atomic E-state index is -0.493. The number of hydrogen-bond donors (Lipinski definition) is 2. The van der Waals surface area contributed by atoms with Crippen molar-refractivity contribution in [2.75, 3.05) is 29.2 Å². The molecular weight excluding hydrogens is 359 g/mol. The third-order valence-corrected chi connectivity index (χ3v) is 4.09. The summed E-state index contributed by atoms with van der Waals surface area (Å²) in [5, 5.41) is 5.26. The first-order valence-corrected chi connectivity index (χ1v) is 8.75. The molecule has 136 valence electrons. The lowest BCUT2D eigenvalue weighted by Crippen LogP contribution is -2.18. The number of anilines is 2. The summed E-state index contributed by atoms with van der Waals surface area (Å²) in [6, 6.07) is 11.8. The number of esters is 1. The number of benzene rings is 2. The Bertz CT molecular complexity index is 796. The van der Waals surface area contributed by atoms with Crippen molar-refractivity contribution in [1.29, 1.82) is 0 Å². The van der Waals surface area contributed by atoms with Gasteiger partial charge in [0, 0.05) is 11.4 Å². The van der Waals surface area contributed by atoms with Gasteiger partial charge < -0.3 is 15.4 Å². The van der Waals surface area contributed by atoms with Crippen LogP contribution in [0.3, 0.4) is 0 Å². The van der Waals surface area contributed by atoms with Gasteiger partial charge >= 0.3 is 5.97 Å². The van der Waals surface area contributed by atoms with E-state index in [2.05, 4.69) is 15.4 Å². The molecule has 0 heterocycles. The van der Waals surface area contributed by atoms with Crippen molar-refractivity contribution >= 4 is 40.9 Å². The topological polar surface area (TPSA) is 84.5 Å². The number of thioether (sulfide) groups is 1.